The summed E-state index contributed by atoms with van der Waals surface area (Å²) < 4.78 is 44.7. The summed E-state index contributed by atoms with van der Waals surface area (Å²) in [6.07, 6.45) is 0. The van der Waals surface area contributed by atoms with Gasteiger partial charge in [0.15, 0.2) is 0 Å². The number of benzene rings is 2. The van der Waals surface area contributed by atoms with Gasteiger partial charge in [-0.05, 0) is 36.2 Å². The van der Waals surface area contributed by atoms with Gasteiger partial charge in [0.25, 0.3) is 0 Å². The molecule has 0 amide bonds. The molecule has 4 nitrogen and oxygen atoms in total. The Kier molecular flexibility index (Phi) is 3.47. The Balaban J connectivity index is 1.87. The van der Waals surface area contributed by atoms with Gasteiger partial charge in [0.1, 0.15) is 17.2 Å². The normalized spacial score (nSPS) is 17.8. The molecule has 3 aromatic rings. The van der Waals surface area contributed by atoms with Gasteiger partial charge in [0.2, 0.25) is 9.84 Å². The van der Waals surface area contributed by atoms with E-state index in [2.05, 4.69) is 12.2 Å². The highest BCUT2D eigenvalue weighted by atomic mass is 32.2. The number of halogens is 1. The molecule has 2 aromatic carbocycles. The van der Waals surface area contributed by atoms with Crippen LogP contribution < -0.4 is 5.32 Å². The molecular formula is C18H16FNO3S. The topological polar surface area (TPSA) is 59.3 Å². The largest absolute Gasteiger partial charge is 0.459 e. The number of hydrogen-bond donors (Lipinski definition) is 1. The zero-order chi connectivity index (χ0) is 16.9. The highest BCUT2D eigenvalue weighted by molar-refractivity contribution is 7.91. The predicted octanol–water partition coefficient (Wildman–Crippen LogP) is 3.61. The SMILES string of the molecule is CC1CNCc2oc3cc(S(=O)(=O)c4cccc(F)c4)ccc3c21. The molecule has 1 atom stereocenters. The number of rotatable bonds is 2. The van der Waals surface area contributed by atoms with Crippen molar-refractivity contribution >= 4 is 20.8 Å². The van der Waals surface area contributed by atoms with Crippen LogP contribution in [0.25, 0.3) is 11.0 Å². The van der Waals surface area contributed by atoms with Crippen LogP contribution in [0.5, 0.6) is 0 Å². The lowest BCUT2D eigenvalue weighted by Crippen LogP contribution is -2.25. The summed E-state index contributed by atoms with van der Waals surface area (Å²) in [7, 11) is -3.78. The molecule has 24 heavy (non-hydrogen) atoms. The third-order valence-electron chi connectivity index (χ3n) is 4.42. The van der Waals surface area contributed by atoms with Crippen molar-refractivity contribution in [2.24, 2.45) is 0 Å². The van der Waals surface area contributed by atoms with Gasteiger partial charge in [-0.25, -0.2) is 12.8 Å². The Morgan fingerprint density at radius 1 is 1.17 bits per heavy atom. The summed E-state index contributed by atoms with van der Waals surface area (Å²) in [4.78, 5) is 0.0421. The van der Waals surface area contributed by atoms with E-state index in [4.69, 9.17) is 4.42 Å². The van der Waals surface area contributed by atoms with Gasteiger partial charge in [-0.3, -0.25) is 0 Å². The number of furan rings is 1. The molecule has 0 fully saturated rings. The average Bonchev–Trinajstić information content (AvgIpc) is 2.93. The van der Waals surface area contributed by atoms with E-state index in [0.29, 0.717) is 18.0 Å². The van der Waals surface area contributed by atoms with Crippen LogP contribution in [0, 0.1) is 5.82 Å². The second kappa shape index (κ2) is 5.43. The van der Waals surface area contributed by atoms with E-state index < -0.39 is 15.7 Å². The Labute approximate surface area is 139 Å². The minimum absolute atomic E-state index is 0.0618. The summed E-state index contributed by atoms with van der Waals surface area (Å²) in [5.41, 5.74) is 1.69. The van der Waals surface area contributed by atoms with E-state index >= 15 is 0 Å². The van der Waals surface area contributed by atoms with Crippen LogP contribution in [0.4, 0.5) is 4.39 Å². The van der Waals surface area contributed by atoms with Gasteiger partial charge < -0.3 is 9.73 Å². The van der Waals surface area contributed by atoms with E-state index in [9.17, 15) is 12.8 Å². The molecule has 124 valence electrons. The summed E-state index contributed by atoms with van der Waals surface area (Å²) in [6.45, 7) is 3.61. The number of nitrogens with one attached hydrogen (secondary N) is 1. The molecular weight excluding hydrogens is 329 g/mol. The Bertz CT molecular complexity index is 1040. The molecule has 0 radical (unpaired) electrons. The van der Waals surface area contributed by atoms with Crippen molar-refractivity contribution in [3.8, 4) is 0 Å². The Hall–Kier alpha value is -2.18. The van der Waals surface area contributed by atoms with Crippen LogP contribution in [0.1, 0.15) is 24.2 Å². The van der Waals surface area contributed by atoms with E-state index in [0.717, 1.165) is 29.3 Å². The van der Waals surface area contributed by atoms with Crippen molar-refractivity contribution in [2.75, 3.05) is 6.54 Å². The van der Waals surface area contributed by atoms with Crippen LogP contribution in [-0.4, -0.2) is 15.0 Å². The first kappa shape index (κ1) is 15.4. The minimum Gasteiger partial charge on any atom is -0.459 e. The molecule has 0 aliphatic carbocycles. The van der Waals surface area contributed by atoms with Crippen molar-refractivity contribution in [1.82, 2.24) is 5.32 Å². The first-order valence-corrected chi connectivity index (χ1v) is 9.22. The molecule has 0 saturated carbocycles. The molecule has 0 bridgehead atoms. The highest BCUT2D eigenvalue weighted by Crippen LogP contribution is 2.35. The lowest BCUT2D eigenvalue weighted by atomic mass is 9.95. The molecule has 1 aliphatic heterocycles. The van der Waals surface area contributed by atoms with Crippen LogP contribution in [0.15, 0.2) is 56.7 Å². The summed E-state index contributed by atoms with van der Waals surface area (Å²) >= 11 is 0. The van der Waals surface area contributed by atoms with E-state index in [1.165, 1.54) is 24.3 Å². The third-order valence-corrected chi connectivity index (χ3v) is 6.17. The Morgan fingerprint density at radius 2 is 1.96 bits per heavy atom. The van der Waals surface area contributed by atoms with Crippen LogP contribution in [0.2, 0.25) is 0 Å². The van der Waals surface area contributed by atoms with Gasteiger partial charge in [0, 0.05) is 23.6 Å². The molecule has 0 saturated heterocycles. The molecule has 0 spiro atoms. The maximum atomic E-state index is 13.4. The van der Waals surface area contributed by atoms with Gasteiger partial charge >= 0.3 is 0 Å². The second-order valence-electron chi connectivity index (χ2n) is 6.09. The fourth-order valence-corrected chi connectivity index (χ4v) is 4.57. The van der Waals surface area contributed by atoms with Crippen molar-refractivity contribution < 1.29 is 17.2 Å². The van der Waals surface area contributed by atoms with Gasteiger partial charge in [-0.15, -0.1) is 0 Å². The Morgan fingerprint density at radius 3 is 2.75 bits per heavy atom. The van der Waals surface area contributed by atoms with Gasteiger partial charge in [0.05, 0.1) is 16.3 Å². The number of fused-ring (bicyclic) bond motifs is 3. The first-order valence-electron chi connectivity index (χ1n) is 7.73. The molecule has 6 heteroatoms. The van der Waals surface area contributed by atoms with Crippen molar-refractivity contribution in [1.29, 1.82) is 0 Å². The second-order valence-corrected chi connectivity index (χ2v) is 8.04. The zero-order valence-electron chi connectivity index (χ0n) is 13.0. The smallest absolute Gasteiger partial charge is 0.206 e. The molecule has 1 aliphatic rings. The summed E-state index contributed by atoms with van der Waals surface area (Å²) in [6, 6.07) is 9.90. The minimum atomic E-state index is -3.78. The monoisotopic (exact) mass is 345 g/mol. The number of sulfone groups is 1. The van der Waals surface area contributed by atoms with E-state index in [1.54, 1.807) is 12.1 Å². The predicted molar refractivity (Wildman–Crippen MR) is 88.2 cm³/mol. The maximum absolute atomic E-state index is 13.4. The highest BCUT2D eigenvalue weighted by Gasteiger charge is 2.25. The molecule has 1 N–H and O–H groups in total. The summed E-state index contributed by atoms with van der Waals surface area (Å²) in [5.74, 6) is 0.579. The van der Waals surface area contributed by atoms with Crippen LogP contribution in [-0.2, 0) is 16.4 Å². The quantitative estimate of drug-likeness (QED) is 0.771. The fraction of sp³-hybridized carbons (Fsp3) is 0.222. The molecule has 4 rings (SSSR count). The molecule has 1 unspecified atom stereocenters. The van der Waals surface area contributed by atoms with Gasteiger partial charge in [-0.2, -0.15) is 0 Å². The van der Waals surface area contributed by atoms with E-state index in [1.807, 2.05) is 0 Å². The van der Waals surface area contributed by atoms with Gasteiger partial charge in [-0.1, -0.05) is 13.0 Å². The van der Waals surface area contributed by atoms with E-state index in [-0.39, 0.29) is 9.79 Å². The first-order chi connectivity index (χ1) is 11.5. The lowest BCUT2D eigenvalue weighted by Gasteiger charge is -2.18. The van der Waals surface area contributed by atoms with Crippen molar-refractivity contribution in [3.05, 3.63) is 59.6 Å². The molecule has 2 heterocycles. The average molecular weight is 345 g/mol. The summed E-state index contributed by atoms with van der Waals surface area (Å²) in [5, 5.41) is 4.22. The van der Waals surface area contributed by atoms with Crippen LogP contribution >= 0.6 is 0 Å². The third kappa shape index (κ3) is 2.34. The maximum Gasteiger partial charge on any atom is 0.206 e. The lowest BCUT2D eigenvalue weighted by molar-refractivity contribution is 0.464. The van der Waals surface area contributed by atoms with Crippen molar-refractivity contribution in [3.63, 3.8) is 0 Å². The number of hydrogen-bond acceptors (Lipinski definition) is 4. The zero-order valence-corrected chi connectivity index (χ0v) is 13.9. The molecule has 1 aromatic heterocycles. The fourth-order valence-electron chi connectivity index (χ4n) is 3.26. The van der Waals surface area contributed by atoms with Crippen molar-refractivity contribution in [2.45, 2.75) is 29.2 Å². The standard InChI is InChI=1S/C18H16FNO3S/c1-11-9-20-10-17-18(11)15-6-5-14(8-16(15)23-17)24(21,22)13-4-2-3-12(19)7-13/h2-8,11,20H,9-10H2,1H3. The van der Waals surface area contributed by atoms with Crippen LogP contribution in [0.3, 0.4) is 0 Å².